The minimum atomic E-state index is -2.99. The van der Waals surface area contributed by atoms with E-state index in [2.05, 4.69) is 10.6 Å². The SMILES string of the molecule is O=C(NC1CCC1)[C@@H]1CCS(=O)(=O)[C@H]2CNC[C@@H]12. The van der Waals surface area contributed by atoms with Gasteiger partial charge in [0.05, 0.1) is 11.0 Å². The van der Waals surface area contributed by atoms with Crippen LogP contribution in [-0.2, 0) is 14.6 Å². The molecule has 102 valence electrons. The van der Waals surface area contributed by atoms with E-state index in [1.807, 2.05) is 0 Å². The highest BCUT2D eigenvalue weighted by Crippen LogP contribution is 2.34. The lowest BCUT2D eigenvalue weighted by molar-refractivity contribution is -0.128. The van der Waals surface area contributed by atoms with Crippen LogP contribution in [0.4, 0.5) is 0 Å². The number of hydrogen-bond donors (Lipinski definition) is 2. The van der Waals surface area contributed by atoms with Gasteiger partial charge in [0.1, 0.15) is 0 Å². The molecule has 0 aromatic heterocycles. The first-order chi connectivity index (χ1) is 8.58. The van der Waals surface area contributed by atoms with E-state index < -0.39 is 9.84 Å². The molecule has 3 fully saturated rings. The third kappa shape index (κ3) is 2.05. The smallest absolute Gasteiger partial charge is 0.223 e. The maximum atomic E-state index is 12.2. The summed E-state index contributed by atoms with van der Waals surface area (Å²) in [5, 5.41) is 5.85. The molecular weight excluding hydrogens is 252 g/mol. The van der Waals surface area contributed by atoms with Crippen molar-refractivity contribution in [2.24, 2.45) is 11.8 Å². The Morgan fingerprint density at radius 2 is 1.94 bits per heavy atom. The van der Waals surface area contributed by atoms with Crippen LogP contribution in [0.2, 0.25) is 0 Å². The molecule has 6 heteroatoms. The van der Waals surface area contributed by atoms with Crippen LogP contribution in [0.3, 0.4) is 0 Å². The molecule has 0 spiro atoms. The molecule has 3 rings (SSSR count). The Labute approximate surface area is 108 Å². The molecule has 2 saturated heterocycles. The standard InChI is InChI=1S/C12H20N2O3S/c15-12(14-8-2-1-3-8)9-4-5-18(16,17)11-7-13-6-10(9)11/h8-11,13H,1-7H2,(H,14,15)/t9-,10+,11+/m1/s1. The van der Waals surface area contributed by atoms with Crippen molar-refractivity contribution in [3.63, 3.8) is 0 Å². The Balaban J connectivity index is 1.71. The number of amides is 1. The van der Waals surface area contributed by atoms with Crippen molar-refractivity contribution in [1.29, 1.82) is 0 Å². The zero-order valence-corrected chi connectivity index (χ0v) is 11.2. The number of hydrogen-bond acceptors (Lipinski definition) is 4. The molecule has 0 radical (unpaired) electrons. The molecular formula is C12H20N2O3S. The van der Waals surface area contributed by atoms with Gasteiger partial charge < -0.3 is 10.6 Å². The summed E-state index contributed by atoms with van der Waals surface area (Å²) in [4.78, 5) is 12.2. The lowest BCUT2D eigenvalue weighted by Gasteiger charge is -2.34. The molecule has 2 aliphatic heterocycles. The monoisotopic (exact) mass is 272 g/mol. The Morgan fingerprint density at radius 3 is 2.61 bits per heavy atom. The van der Waals surface area contributed by atoms with Crippen molar-refractivity contribution in [3.05, 3.63) is 0 Å². The van der Waals surface area contributed by atoms with Gasteiger partial charge in [0.25, 0.3) is 0 Å². The van der Waals surface area contributed by atoms with E-state index >= 15 is 0 Å². The van der Waals surface area contributed by atoms with Gasteiger partial charge in [-0.05, 0) is 25.7 Å². The molecule has 2 heterocycles. The van der Waals surface area contributed by atoms with E-state index in [4.69, 9.17) is 0 Å². The second-order valence-electron chi connectivity index (χ2n) is 5.76. The summed E-state index contributed by atoms with van der Waals surface area (Å²) < 4.78 is 23.9. The highest BCUT2D eigenvalue weighted by Gasteiger charge is 2.48. The molecule has 3 atom stereocenters. The minimum absolute atomic E-state index is 0.0242. The second kappa shape index (κ2) is 4.49. The van der Waals surface area contributed by atoms with Gasteiger partial charge in [-0.3, -0.25) is 4.79 Å². The predicted octanol–water partition coefficient (Wildman–Crippen LogP) is -0.322. The first kappa shape index (κ1) is 12.4. The van der Waals surface area contributed by atoms with Crippen LogP contribution in [0.15, 0.2) is 0 Å². The maximum absolute atomic E-state index is 12.2. The summed E-state index contributed by atoms with van der Waals surface area (Å²) in [6.45, 7) is 1.17. The third-order valence-electron chi connectivity index (χ3n) is 4.68. The average Bonchev–Trinajstić information content (AvgIpc) is 2.73. The summed E-state index contributed by atoms with van der Waals surface area (Å²) in [6.07, 6.45) is 3.83. The van der Waals surface area contributed by atoms with Gasteiger partial charge in [0.15, 0.2) is 9.84 Å². The average molecular weight is 272 g/mol. The molecule has 0 aromatic rings. The zero-order chi connectivity index (χ0) is 12.8. The van der Waals surface area contributed by atoms with Crippen LogP contribution in [0.5, 0.6) is 0 Å². The normalized spacial score (nSPS) is 38.8. The first-order valence-corrected chi connectivity index (χ1v) is 8.52. The van der Waals surface area contributed by atoms with E-state index in [9.17, 15) is 13.2 Å². The van der Waals surface area contributed by atoms with Crippen molar-refractivity contribution >= 4 is 15.7 Å². The fourth-order valence-electron chi connectivity index (χ4n) is 3.31. The Bertz CT molecular complexity index is 444. The Hall–Kier alpha value is -0.620. The maximum Gasteiger partial charge on any atom is 0.223 e. The van der Waals surface area contributed by atoms with Gasteiger partial charge in [-0.15, -0.1) is 0 Å². The van der Waals surface area contributed by atoms with Gasteiger partial charge in [0, 0.05) is 31.0 Å². The topological polar surface area (TPSA) is 75.3 Å². The van der Waals surface area contributed by atoms with Gasteiger partial charge in [-0.2, -0.15) is 0 Å². The van der Waals surface area contributed by atoms with Crippen LogP contribution in [-0.4, -0.2) is 44.5 Å². The molecule has 1 amide bonds. The number of rotatable bonds is 2. The molecule has 1 saturated carbocycles. The quantitative estimate of drug-likeness (QED) is 0.722. The summed E-state index contributed by atoms with van der Waals surface area (Å²) in [7, 11) is -2.99. The number of fused-ring (bicyclic) bond motifs is 1. The van der Waals surface area contributed by atoms with E-state index in [1.165, 1.54) is 6.42 Å². The number of nitrogens with one attached hydrogen (secondary N) is 2. The van der Waals surface area contributed by atoms with Crippen molar-refractivity contribution < 1.29 is 13.2 Å². The first-order valence-electron chi connectivity index (χ1n) is 6.80. The van der Waals surface area contributed by atoms with E-state index in [1.54, 1.807) is 0 Å². The van der Waals surface area contributed by atoms with Crippen LogP contribution in [0, 0.1) is 11.8 Å². The van der Waals surface area contributed by atoms with Gasteiger partial charge in [-0.1, -0.05) is 0 Å². The molecule has 3 aliphatic rings. The van der Waals surface area contributed by atoms with Crippen molar-refractivity contribution in [2.75, 3.05) is 18.8 Å². The Kier molecular flexibility index (Phi) is 3.10. The van der Waals surface area contributed by atoms with Gasteiger partial charge in [-0.25, -0.2) is 8.42 Å². The van der Waals surface area contributed by atoms with Crippen molar-refractivity contribution in [2.45, 2.75) is 37.0 Å². The van der Waals surface area contributed by atoms with E-state index in [-0.39, 0.29) is 28.7 Å². The Morgan fingerprint density at radius 1 is 1.17 bits per heavy atom. The van der Waals surface area contributed by atoms with Crippen molar-refractivity contribution in [3.8, 4) is 0 Å². The molecule has 0 bridgehead atoms. The molecule has 2 N–H and O–H groups in total. The van der Waals surface area contributed by atoms with E-state index in [0.717, 1.165) is 12.8 Å². The van der Waals surface area contributed by atoms with Crippen LogP contribution >= 0.6 is 0 Å². The predicted molar refractivity (Wildman–Crippen MR) is 67.8 cm³/mol. The summed E-state index contributed by atoms with van der Waals surface area (Å²) in [5.41, 5.74) is 0. The summed E-state index contributed by atoms with van der Waals surface area (Å²) >= 11 is 0. The van der Waals surface area contributed by atoms with Crippen LogP contribution < -0.4 is 10.6 Å². The van der Waals surface area contributed by atoms with Crippen LogP contribution in [0.25, 0.3) is 0 Å². The number of carbonyl (C=O) groups is 1. The second-order valence-corrected chi connectivity index (χ2v) is 8.10. The molecule has 5 nitrogen and oxygen atoms in total. The van der Waals surface area contributed by atoms with Crippen molar-refractivity contribution in [1.82, 2.24) is 10.6 Å². The fraction of sp³-hybridized carbons (Fsp3) is 0.917. The molecule has 0 aromatic carbocycles. The largest absolute Gasteiger partial charge is 0.353 e. The van der Waals surface area contributed by atoms with Gasteiger partial charge in [0.2, 0.25) is 5.91 Å². The highest BCUT2D eigenvalue weighted by molar-refractivity contribution is 7.92. The van der Waals surface area contributed by atoms with Crippen LogP contribution in [0.1, 0.15) is 25.7 Å². The zero-order valence-electron chi connectivity index (χ0n) is 10.4. The lowest BCUT2D eigenvalue weighted by atomic mass is 9.86. The number of sulfone groups is 1. The fourth-order valence-corrected chi connectivity index (χ4v) is 5.39. The molecule has 18 heavy (non-hydrogen) atoms. The summed E-state index contributed by atoms with van der Waals surface area (Å²) in [5.74, 6) is 0.102. The number of carbonyl (C=O) groups excluding carboxylic acids is 1. The van der Waals surface area contributed by atoms with E-state index in [0.29, 0.717) is 25.6 Å². The minimum Gasteiger partial charge on any atom is -0.353 e. The third-order valence-corrected chi connectivity index (χ3v) is 6.93. The molecule has 1 aliphatic carbocycles. The summed E-state index contributed by atoms with van der Waals surface area (Å²) in [6, 6.07) is 0.337. The highest BCUT2D eigenvalue weighted by atomic mass is 32.2. The van der Waals surface area contributed by atoms with Gasteiger partial charge >= 0.3 is 0 Å². The lowest BCUT2D eigenvalue weighted by Crippen LogP contribution is -2.50. The molecule has 0 unspecified atom stereocenters.